The quantitative estimate of drug-likeness (QED) is 0.746. The molecule has 3 aromatic rings. The van der Waals surface area contributed by atoms with Crippen LogP contribution in [0.1, 0.15) is 9.67 Å². The minimum atomic E-state index is -0.397. The summed E-state index contributed by atoms with van der Waals surface area (Å²) in [5.41, 5.74) is 0.934. The Balaban J connectivity index is 1.85. The molecule has 1 unspecified atom stereocenters. The molecule has 2 N–H and O–H groups in total. The zero-order valence-electron chi connectivity index (χ0n) is 10.7. The third-order valence-corrected chi connectivity index (χ3v) is 4.66. The molecular weight excluding hydrogens is 298 g/mol. The normalized spacial score (nSPS) is 13.1. The van der Waals surface area contributed by atoms with Crippen molar-refractivity contribution in [1.29, 1.82) is 0 Å². The zero-order valence-corrected chi connectivity index (χ0v) is 12.3. The number of methoxy groups -OCH3 is 1. The van der Waals surface area contributed by atoms with Gasteiger partial charge in [-0.3, -0.25) is 9.20 Å². The molecule has 106 valence electrons. The van der Waals surface area contributed by atoms with Gasteiger partial charge in [0.2, 0.25) is 0 Å². The fourth-order valence-electron chi connectivity index (χ4n) is 1.96. The molecule has 3 rings (SSSR count). The standard InChI is InChI=1S/C12H13N3O3S2/c1-18-6-7(5-16)13-10(17)9-4-8-11(20-9)14-12-15(8)2-3-19-12/h2-4,7,16H,5-6H2,1H3,(H,13,17). The lowest BCUT2D eigenvalue weighted by Gasteiger charge is -2.14. The zero-order chi connectivity index (χ0) is 14.1. The highest BCUT2D eigenvalue weighted by Crippen LogP contribution is 2.28. The first-order valence-corrected chi connectivity index (χ1v) is 7.68. The van der Waals surface area contributed by atoms with Crippen LogP contribution in [-0.4, -0.2) is 46.8 Å². The molecule has 0 radical (unpaired) electrons. The molecular formula is C12H13N3O3S2. The van der Waals surface area contributed by atoms with Crippen molar-refractivity contribution in [2.45, 2.75) is 6.04 Å². The minimum absolute atomic E-state index is 0.154. The maximum Gasteiger partial charge on any atom is 0.261 e. The van der Waals surface area contributed by atoms with E-state index in [-0.39, 0.29) is 19.1 Å². The van der Waals surface area contributed by atoms with Crippen LogP contribution in [0.5, 0.6) is 0 Å². The summed E-state index contributed by atoms with van der Waals surface area (Å²) in [5.74, 6) is -0.215. The lowest BCUT2D eigenvalue weighted by atomic mass is 10.3. The van der Waals surface area contributed by atoms with Gasteiger partial charge in [-0.2, -0.15) is 0 Å². The van der Waals surface area contributed by atoms with E-state index in [1.165, 1.54) is 18.4 Å². The number of hydrogen-bond acceptors (Lipinski definition) is 6. The third-order valence-electron chi connectivity index (χ3n) is 2.89. The lowest BCUT2D eigenvalue weighted by molar-refractivity contribution is 0.0843. The summed E-state index contributed by atoms with van der Waals surface area (Å²) in [6.07, 6.45) is 1.94. The second-order valence-electron chi connectivity index (χ2n) is 4.28. The van der Waals surface area contributed by atoms with E-state index in [4.69, 9.17) is 9.84 Å². The van der Waals surface area contributed by atoms with Crippen molar-refractivity contribution < 1.29 is 14.6 Å². The van der Waals surface area contributed by atoms with Gasteiger partial charge in [0.25, 0.3) is 5.91 Å². The molecule has 20 heavy (non-hydrogen) atoms. The first-order valence-electron chi connectivity index (χ1n) is 5.98. The minimum Gasteiger partial charge on any atom is -0.394 e. The Morgan fingerprint density at radius 2 is 2.50 bits per heavy atom. The van der Waals surface area contributed by atoms with Gasteiger partial charge in [-0.05, 0) is 6.07 Å². The van der Waals surface area contributed by atoms with Crippen LogP contribution < -0.4 is 5.32 Å². The molecule has 8 heteroatoms. The Kier molecular flexibility index (Phi) is 3.70. The Hall–Kier alpha value is -1.48. The second-order valence-corrected chi connectivity index (χ2v) is 6.18. The van der Waals surface area contributed by atoms with Crippen LogP contribution in [0.25, 0.3) is 15.3 Å². The van der Waals surface area contributed by atoms with Crippen LogP contribution in [0, 0.1) is 0 Å². The summed E-state index contributed by atoms with van der Waals surface area (Å²) in [4.78, 5) is 18.9. The molecule has 1 atom stereocenters. The van der Waals surface area contributed by atoms with Crippen LogP contribution in [0.4, 0.5) is 0 Å². The Labute approximate surface area is 122 Å². The predicted octanol–water partition coefficient (Wildman–Crippen LogP) is 1.35. The molecule has 0 saturated carbocycles. The number of nitrogens with zero attached hydrogens (tertiary/aromatic N) is 2. The number of aromatic nitrogens is 2. The van der Waals surface area contributed by atoms with E-state index in [0.717, 1.165) is 15.3 Å². The van der Waals surface area contributed by atoms with Gasteiger partial charge in [-0.1, -0.05) is 0 Å². The highest BCUT2D eigenvalue weighted by atomic mass is 32.1. The summed E-state index contributed by atoms with van der Waals surface area (Å²) < 4.78 is 6.90. The maximum atomic E-state index is 12.1. The van der Waals surface area contributed by atoms with Crippen LogP contribution >= 0.6 is 22.7 Å². The van der Waals surface area contributed by atoms with E-state index in [1.54, 1.807) is 11.3 Å². The predicted molar refractivity (Wildman–Crippen MR) is 78.7 cm³/mol. The van der Waals surface area contributed by atoms with Crippen molar-refractivity contribution in [2.24, 2.45) is 0 Å². The maximum absolute atomic E-state index is 12.1. The Bertz CT molecular complexity index is 745. The summed E-state index contributed by atoms with van der Waals surface area (Å²) >= 11 is 2.91. The highest BCUT2D eigenvalue weighted by molar-refractivity contribution is 7.21. The molecule has 0 bridgehead atoms. The number of carbonyl (C=O) groups excluding carboxylic acids is 1. The molecule has 0 fully saturated rings. The largest absolute Gasteiger partial charge is 0.394 e. The van der Waals surface area contributed by atoms with Crippen LogP contribution in [0.15, 0.2) is 17.6 Å². The molecule has 3 heterocycles. The summed E-state index contributed by atoms with van der Waals surface area (Å²) in [7, 11) is 1.53. The number of aliphatic hydroxyl groups excluding tert-OH is 1. The second kappa shape index (κ2) is 5.49. The first kappa shape index (κ1) is 13.5. The average Bonchev–Trinajstić information content (AvgIpc) is 3.08. The van der Waals surface area contributed by atoms with Gasteiger partial charge in [-0.25, -0.2) is 4.98 Å². The molecule has 0 spiro atoms. The molecule has 0 saturated heterocycles. The number of amides is 1. The Morgan fingerprint density at radius 1 is 1.65 bits per heavy atom. The molecule has 6 nitrogen and oxygen atoms in total. The van der Waals surface area contributed by atoms with Crippen molar-refractivity contribution >= 4 is 43.9 Å². The molecule has 1 amide bonds. The van der Waals surface area contributed by atoms with E-state index in [0.29, 0.717) is 4.88 Å². The van der Waals surface area contributed by atoms with Gasteiger partial charge in [0.1, 0.15) is 4.83 Å². The lowest BCUT2D eigenvalue weighted by Crippen LogP contribution is -2.40. The van der Waals surface area contributed by atoms with Gasteiger partial charge in [-0.15, -0.1) is 22.7 Å². The fraction of sp³-hybridized carbons (Fsp3) is 0.333. The summed E-state index contributed by atoms with van der Waals surface area (Å²) in [6.45, 7) is 0.125. The number of thiazole rings is 1. The smallest absolute Gasteiger partial charge is 0.261 e. The number of aliphatic hydroxyl groups is 1. The van der Waals surface area contributed by atoms with Crippen molar-refractivity contribution in [3.05, 3.63) is 22.5 Å². The van der Waals surface area contributed by atoms with E-state index < -0.39 is 6.04 Å². The summed E-state index contributed by atoms with van der Waals surface area (Å²) in [5, 5.41) is 13.9. The number of ether oxygens (including phenoxy) is 1. The van der Waals surface area contributed by atoms with E-state index in [1.807, 2.05) is 22.0 Å². The van der Waals surface area contributed by atoms with E-state index in [2.05, 4.69) is 10.3 Å². The highest BCUT2D eigenvalue weighted by Gasteiger charge is 2.17. The van der Waals surface area contributed by atoms with Gasteiger partial charge in [0.05, 0.1) is 29.6 Å². The fourth-order valence-corrected chi connectivity index (χ4v) is 3.66. The van der Waals surface area contributed by atoms with Crippen molar-refractivity contribution in [1.82, 2.24) is 14.7 Å². The molecule has 0 aromatic carbocycles. The Morgan fingerprint density at radius 3 is 3.25 bits per heavy atom. The molecule has 0 aliphatic rings. The number of thiophene rings is 1. The topological polar surface area (TPSA) is 75.9 Å². The molecule has 3 aromatic heterocycles. The van der Waals surface area contributed by atoms with Crippen molar-refractivity contribution in [3.63, 3.8) is 0 Å². The van der Waals surface area contributed by atoms with Crippen molar-refractivity contribution in [3.8, 4) is 0 Å². The number of hydrogen-bond donors (Lipinski definition) is 2. The van der Waals surface area contributed by atoms with Gasteiger partial charge in [0, 0.05) is 18.7 Å². The number of carbonyl (C=O) groups is 1. The van der Waals surface area contributed by atoms with Crippen LogP contribution in [0.2, 0.25) is 0 Å². The molecule has 0 aliphatic heterocycles. The number of nitrogens with one attached hydrogen (secondary N) is 1. The van der Waals surface area contributed by atoms with Gasteiger partial charge in [0.15, 0.2) is 4.96 Å². The van der Waals surface area contributed by atoms with Gasteiger partial charge < -0.3 is 15.2 Å². The number of rotatable bonds is 5. The van der Waals surface area contributed by atoms with Gasteiger partial charge >= 0.3 is 0 Å². The molecule has 0 aliphatic carbocycles. The average molecular weight is 311 g/mol. The SMILES string of the molecule is COCC(CO)NC(=O)c1cc2c(nc3sccn32)s1. The summed E-state index contributed by atoms with van der Waals surface area (Å²) in [6, 6.07) is 1.43. The number of imidazole rings is 1. The van der Waals surface area contributed by atoms with Crippen LogP contribution in [0.3, 0.4) is 0 Å². The first-order chi connectivity index (χ1) is 9.72. The number of fused-ring (bicyclic) bond motifs is 3. The third kappa shape index (κ3) is 2.31. The van der Waals surface area contributed by atoms with E-state index in [9.17, 15) is 4.79 Å². The van der Waals surface area contributed by atoms with Crippen LogP contribution in [-0.2, 0) is 4.74 Å². The van der Waals surface area contributed by atoms with Crippen molar-refractivity contribution in [2.75, 3.05) is 20.3 Å². The monoisotopic (exact) mass is 311 g/mol. The van der Waals surface area contributed by atoms with E-state index >= 15 is 0 Å².